The van der Waals surface area contributed by atoms with Crippen molar-refractivity contribution in [3.8, 4) is 34.3 Å². The van der Waals surface area contributed by atoms with Crippen LogP contribution in [-0.2, 0) is 9.53 Å². The van der Waals surface area contributed by atoms with Gasteiger partial charge < -0.3 is 14.5 Å². The van der Waals surface area contributed by atoms with E-state index >= 15 is 0 Å². The van der Waals surface area contributed by atoms with Crippen molar-refractivity contribution in [1.82, 2.24) is 25.1 Å². The molecule has 4 aromatic heterocycles. The summed E-state index contributed by atoms with van der Waals surface area (Å²) in [5.41, 5.74) is 2.29. The Morgan fingerprint density at radius 1 is 1.05 bits per heavy atom. The Morgan fingerprint density at radius 3 is 2.63 bits per heavy atom. The molecule has 0 amide bonds. The normalized spacial score (nSPS) is 21.7. The fourth-order valence-electron chi connectivity index (χ4n) is 6.44. The quantitative estimate of drug-likeness (QED) is 0.227. The molecule has 0 spiro atoms. The predicted octanol–water partition coefficient (Wildman–Crippen LogP) is 6.26. The number of hydrogen-bond acceptors (Lipinski definition) is 8. The molecule has 8 rings (SSSR count). The highest BCUT2D eigenvalue weighted by atomic mass is 19.1. The number of rotatable bonds is 7. The molecule has 5 aromatic rings. The van der Waals surface area contributed by atoms with Crippen LogP contribution in [0.3, 0.4) is 0 Å². The van der Waals surface area contributed by atoms with E-state index in [0.717, 1.165) is 37.4 Å². The molecule has 2 bridgehead atoms. The minimum atomic E-state index is -0.483. The average molecular weight is 553 g/mol. The minimum absolute atomic E-state index is 0.119. The number of carbonyl (C=O) groups excluding carboxylic acids is 1. The van der Waals surface area contributed by atoms with Crippen molar-refractivity contribution in [2.24, 2.45) is 17.8 Å². The molecule has 0 radical (unpaired) electrons. The first-order valence-electron chi connectivity index (χ1n) is 14.0. The first-order chi connectivity index (χ1) is 20.1. The molecule has 3 aliphatic rings. The van der Waals surface area contributed by atoms with Crippen molar-refractivity contribution in [3.63, 3.8) is 0 Å². The van der Waals surface area contributed by atoms with Crippen LogP contribution in [0.1, 0.15) is 32.6 Å². The molecule has 10 heteroatoms. The lowest BCUT2D eigenvalue weighted by Gasteiger charge is -2.47. The van der Waals surface area contributed by atoms with Crippen LogP contribution in [0.25, 0.3) is 45.3 Å². The van der Waals surface area contributed by atoms with Crippen LogP contribution in [0.5, 0.6) is 0 Å². The topological polar surface area (TPSA) is 119 Å². The van der Waals surface area contributed by atoms with Gasteiger partial charge in [-0.2, -0.15) is 5.10 Å². The molecule has 3 saturated carbocycles. The van der Waals surface area contributed by atoms with Crippen LogP contribution in [-0.4, -0.2) is 43.8 Å². The molecule has 0 saturated heterocycles. The molecule has 4 heterocycles. The number of anilines is 1. The van der Waals surface area contributed by atoms with Crippen molar-refractivity contribution < 1.29 is 18.3 Å². The second-order valence-electron chi connectivity index (χ2n) is 10.7. The monoisotopic (exact) mass is 552 g/mol. The third kappa shape index (κ3) is 4.73. The number of H-pyrrole nitrogens is 1. The van der Waals surface area contributed by atoms with Crippen molar-refractivity contribution in [2.45, 2.75) is 38.6 Å². The Kier molecular flexibility index (Phi) is 6.45. The number of carbonyl (C=O) groups is 1. The van der Waals surface area contributed by atoms with Gasteiger partial charge >= 0.3 is 5.97 Å². The van der Waals surface area contributed by atoms with Crippen LogP contribution in [0.15, 0.2) is 65.2 Å². The largest absolute Gasteiger partial charge is 0.466 e. The number of nitrogens with one attached hydrogen (secondary N) is 2. The van der Waals surface area contributed by atoms with E-state index in [1.807, 2.05) is 55.5 Å². The number of halogens is 1. The number of aromatic nitrogens is 5. The summed E-state index contributed by atoms with van der Waals surface area (Å²) in [5.74, 6) is 1.84. The molecule has 208 valence electrons. The third-order valence-electron chi connectivity index (χ3n) is 8.34. The van der Waals surface area contributed by atoms with Crippen LogP contribution in [0.4, 0.5) is 10.2 Å². The highest BCUT2D eigenvalue weighted by Gasteiger charge is 2.48. The van der Waals surface area contributed by atoms with E-state index < -0.39 is 5.82 Å². The summed E-state index contributed by atoms with van der Waals surface area (Å²) < 4.78 is 25.9. The number of esters is 1. The zero-order valence-electron chi connectivity index (χ0n) is 22.5. The van der Waals surface area contributed by atoms with Gasteiger partial charge in [0.25, 0.3) is 0 Å². The van der Waals surface area contributed by atoms with Gasteiger partial charge in [-0.25, -0.2) is 19.3 Å². The Morgan fingerprint density at radius 2 is 1.83 bits per heavy atom. The summed E-state index contributed by atoms with van der Waals surface area (Å²) in [6, 6.07) is 16.7. The lowest BCUT2D eigenvalue weighted by Crippen LogP contribution is -2.52. The van der Waals surface area contributed by atoms with E-state index in [0.29, 0.717) is 58.1 Å². The van der Waals surface area contributed by atoms with Gasteiger partial charge in [-0.3, -0.25) is 9.89 Å². The fraction of sp³-hybridized carbons (Fsp3) is 0.323. The maximum atomic E-state index is 14.2. The Bertz CT molecular complexity index is 1710. The highest BCUT2D eigenvalue weighted by molar-refractivity contribution is 5.89. The summed E-state index contributed by atoms with van der Waals surface area (Å²) in [6.45, 7) is 2.19. The second kappa shape index (κ2) is 10.4. The van der Waals surface area contributed by atoms with Crippen molar-refractivity contribution in [3.05, 3.63) is 66.6 Å². The predicted molar refractivity (Wildman–Crippen MR) is 151 cm³/mol. The fourth-order valence-corrected chi connectivity index (χ4v) is 6.44. The molecule has 41 heavy (non-hydrogen) atoms. The SMILES string of the molecule is CCOC(=O)[C@H]1C2CCC(CC2)[C@@H]1Nc1cc(-c2ccc(-c3ccccc3)o2)nc(-c2[nH]nc3ncc(F)cc23)n1. The maximum absolute atomic E-state index is 14.2. The second-order valence-corrected chi connectivity index (χ2v) is 10.7. The van der Waals surface area contributed by atoms with E-state index in [-0.39, 0.29) is 23.8 Å². The summed E-state index contributed by atoms with van der Waals surface area (Å²) in [5, 5.41) is 11.2. The average Bonchev–Trinajstić information content (AvgIpc) is 3.66. The van der Waals surface area contributed by atoms with Gasteiger partial charge in [0.2, 0.25) is 0 Å². The van der Waals surface area contributed by atoms with Gasteiger partial charge in [0.1, 0.15) is 28.8 Å². The summed E-state index contributed by atoms with van der Waals surface area (Å²) in [7, 11) is 0. The molecule has 2 N–H and O–H groups in total. The third-order valence-corrected chi connectivity index (χ3v) is 8.34. The Labute approximate surface area is 235 Å². The number of benzene rings is 1. The number of ether oxygens (including phenoxy) is 1. The van der Waals surface area contributed by atoms with Crippen LogP contribution < -0.4 is 5.32 Å². The number of aromatic amines is 1. The first-order valence-corrected chi connectivity index (χ1v) is 14.0. The molecule has 3 aliphatic carbocycles. The van der Waals surface area contributed by atoms with Crippen molar-refractivity contribution in [2.75, 3.05) is 11.9 Å². The van der Waals surface area contributed by atoms with E-state index in [4.69, 9.17) is 19.1 Å². The van der Waals surface area contributed by atoms with Crippen molar-refractivity contribution in [1.29, 1.82) is 0 Å². The summed E-state index contributed by atoms with van der Waals surface area (Å²) in [4.78, 5) is 26.8. The zero-order valence-corrected chi connectivity index (χ0v) is 22.5. The number of nitrogens with zero attached hydrogens (tertiary/aromatic N) is 4. The van der Waals surface area contributed by atoms with Gasteiger partial charge in [-0.1, -0.05) is 30.3 Å². The van der Waals surface area contributed by atoms with Gasteiger partial charge in [0.05, 0.1) is 24.1 Å². The van der Waals surface area contributed by atoms with Crippen LogP contribution in [0.2, 0.25) is 0 Å². The Balaban J connectivity index is 1.32. The van der Waals surface area contributed by atoms with Gasteiger partial charge in [-0.05, 0) is 62.6 Å². The van der Waals surface area contributed by atoms with Crippen LogP contribution >= 0.6 is 0 Å². The number of pyridine rings is 1. The first kappa shape index (κ1) is 25.4. The molecule has 9 nitrogen and oxygen atoms in total. The van der Waals surface area contributed by atoms with E-state index in [2.05, 4.69) is 20.5 Å². The minimum Gasteiger partial charge on any atom is -0.466 e. The molecule has 0 aliphatic heterocycles. The molecule has 1 aromatic carbocycles. The smallest absolute Gasteiger partial charge is 0.311 e. The van der Waals surface area contributed by atoms with E-state index in [9.17, 15) is 9.18 Å². The van der Waals surface area contributed by atoms with Crippen LogP contribution in [0, 0.1) is 23.6 Å². The molecule has 3 fully saturated rings. The molecule has 0 unspecified atom stereocenters. The number of hydrogen-bond donors (Lipinski definition) is 2. The van der Waals surface area contributed by atoms with Gasteiger partial charge in [-0.15, -0.1) is 0 Å². The van der Waals surface area contributed by atoms with Crippen molar-refractivity contribution >= 4 is 22.8 Å². The van der Waals surface area contributed by atoms with Gasteiger partial charge in [0.15, 0.2) is 17.2 Å². The molecule has 2 atom stereocenters. The summed E-state index contributed by atoms with van der Waals surface area (Å²) >= 11 is 0. The molecular weight excluding hydrogens is 523 g/mol. The highest BCUT2D eigenvalue weighted by Crippen LogP contribution is 2.47. The number of fused-ring (bicyclic) bond motifs is 4. The summed E-state index contributed by atoms with van der Waals surface area (Å²) in [6.07, 6.45) is 5.29. The van der Waals surface area contributed by atoms with E-state index in [1.165, 1.54) is 6.07 Å². The molecular formula is C31H29FN6O3. The Hall–Kier alpha value is -4.60. The lowest BCUT2D eigenvalue weighted by atomic mass is 9.61. The standard InChI is InChI=1S/C31H29FN6O3/c1-2-40-31(39)26-18-8-10-19(11-9-18)27(26)35-25-15-22(24-13-12-23(41-24)17-6-4-3-5-7-17)34-30(36-25)28-21-14-20(32)16-33-29(21)38-37-28/h3-7,12-16,18-19,26-27H,2,8-11H2,1H3,(H,33,37,38)(H,34,35,36)/t18?,19?,26-,27-/m0/s1. The van der Waals surface area contributed by atoms with Gasteiger partial charge in [0, 0.05) is 17.7 Å². The number of furan rings is 1. The lowest BCUT2D eigenvalue weighted by molar-refractivity contribution is -0.154. The van der Waals surface area contributed by atoms with E-state index in [1.54, 1.807) is 0 Å². The zero-order chi connectivity index (χ0) is 27.9. The maximum Gasteiger partial charge on any atom is 0.311 e.